The number of pyridine rings is 8. The van der Waals surface area contributed by atoms with Crippen LogP contribution in [0.3, 0.4) is 0 Å². The van der Waals surface area contributed by atoms with E-state index < -0.39 is 32.3 Å². The van der Waals surface area contributed by atoms with Crippen molar-refractivity contribution < 1.29 is 80.4 Å². The minimum absolute atomic E-state index is 0. The van der Waals surface area contributed by atoms with Gasteiger partial charge < -0.3 is 39.9 Å². The van der Waals surface area contributed by atoms with Gasteiger partial charge in [0, 0.05) is 130 Å². The molecule has 0 aliphatic heterocycles. The van der Waals surface area contributed by atoms with Crippen LogP contribution in [0.5, 0.6) is 0 Å². The Labute approximate surface area is 907 Å². The van der Waals surface area contributed by atoms with E-state index >= 15 is 0 Å². The van der Waals surface area contributed by atoms with E-state index in [1.165, 1.54) is 81.9 Å². The maximum atomic E-state index is 4.62. The molecule has 4 radical (unpaired) electrons. The Bertz CT molecular complexity index is 6630. The number of aryl methyl sites for hydroxylation is 3. The summed E-state index contributed by atoms with van der Waals surface area (Å²) < 4.78 is 0. The molecule has 8 aromatic heterocycles. The van der Waals surface area contributed by atoms with Crippen LogP contribution in [-0.2, 0) is 80.4 Å². The molecule has 0 bridgehead atoms. The van der Waals surface area contributed by atoms with Crippen LogP contribution in [0.15, 0.2) is 444 Å². The van der Waals surface area contributed by atoms with Gasteiger partial charge in [0.1, 0.15) is 0 Å². The fourth-order valence-corrected chi connectivity index (χ4v) is 19.8. The van der Waals surface area contributed by atoms with Crippen LogP contribution in [0.2, 0.25) is 78.6 Å². The van der Waals surface area contributed by atoms with Gasteiger partial charge in [-0.2, -0.15) is 0 Å². The molecule has 0 spiro atoms. The summed E-state index contributed by atoms with van der Waals surface area (Å²) in [5.41, 5.74) is 29.7. The third-order valence-electron chi connectivity index (χ3n) is 22.6. The number of aromatic nitrogens is 8. The summed E-state index contributed by atoms with van der Waals surface area (Å²) in [6.07, 6.45) is 14.7. The van der Waals surface area contributed by atoms with Gasteiger partial charge >= 0.3 is 0 Å². The van der Waals surface area contributed by atoms with Crippen molar-refractivity contribution in [2.75, 3.05) is 0 Å². The number of nitrogens with zero attached hydrogens (tertiary/aromatic N) is 8. The summed E-state index contributed by atoms with van der Waals surface area (Å²) in [5.74, 6) is 0. The summed E-state index contributed by atoms with van der Waals surface area (Å²) >= 11 is 0. The fourth-order valence-electron chi connectivity index (χ4n) is 14.7. The Balaban J connectivity index is 0.000000184. The second-order valence-corrected chi connectivity index (χ2v) is 57.9. The standard InChI is InChI=1S/3C21H22NSi.C20H20NSi.4C11H8N.4Ir/c1-16-13-14-22-21(15-16)19-7-5-17(6-8-19)18-9-11-20(12-10-18)23(2,3)4;1-16-12-13-22-21(14-16)18-10-8-17(9-11-18)19-6-5-7-20(15-19)23(2,3)4;1-16-13-14-22-20(15-16)18-11-9-17(10-12-18)19-7-5-6-8-21(19)23(2,3)4;1-22(2,3)19-13-14-20(21-15-19)18-11-9-17(10-12-18)16-7-5-4-6-8-16;4*1-2-6-10(7-3-1)11-8-4-5-9-12-11;;;;/h5-7,9-15H,1-4H3;5-10,12-15H,1-4H3;5-11,13-15H,1-4H3;4-11,13-15H,1-3H3;4*1-6,8-9H;;;;/q8*-1;;;;. The van der Waals surface area contributed by atoms with Gasteiger partial charge in [0.2, 0.25) is 0 Å². The monoisotopic (exact) mass is 2640 g/mol. The topological polar surface area (TPSA) is 103 Å². The summed E-state index contributed by atoms with van der Waals surface area (Å²) in [4.78, 5) is 34.8. The molecule has 16 heteroatoms. The summed E-state index contributed by atoms with van der Waals surface area (Å²) in [5, 5.41) is 5.86. The third kappa shape index (κ3) is 35.7. The number of hydrogen-bond donors (Lipinski definition) is 0. The molecule has 0 atom stereocenters. The summed E-state index contributed by atoms with van der Waals surface area (Å²) in [6.45, 7) is 34.7. The van der Waals surface area contributed by atoms with Crippen LogP contribution in [-0.4, -0.2) is 72.2 Å². The van der Waals surface area contributed by atoms with Crippen LogP contribution in [0.1, 0.15) is 16.7 Å². The van der Waals surface area contributed by atoms with Gasteiger partial charge in [0.15, 0.2) is 0 Å². The maximum Gasteiger partial charge on any atom is 0.0795 e. The van der Waals surface area contributed by atoms with Crippen molar-refractivity contribution in [1.82, 2.24) is 39.9 Å². The van der Waals surface area contributed by atoms with Gasteiger partial charge in [-0.25, -0.2) is 0 Å². The van der Waals surface area contributed by atoms with E-state index in [1.54, 1.807) is 24.8 Å². The molecular formula is C127H118Ir4N8Si4-8. The molecule has 726 valence electrons. The smallest absolute Gasteiger partial charge is 0.0795 e. The zero-order valence-corrected chi connectivity index (χ0v) is 97.1. The molecule has 8 heterocycles. The van der Waals surface area contributed by atoms with E-state index in [-0.39, 0.29) is 80.4 Å². The Kier molecular flexibility index (Phi) is 45.4. The minimum atomic E-state index is -1.37. The van der Waals surface area contributed by atoms with Crippen molar-refractivity contribution in [1.29, 1.82) is 0 Å². The van der Waals surface area contributed by atoms with E-state index in [9.17, 15) is 0 Å². The molecule has 0 unspecified atom stereocenters. The van der Waals surface area contributed by atoms with Crippen LogP contribution in [0.25, 0.3) is 135 Å². The van der Waals surface area contributed by atoms with Gasteiger partial charge in [-0.05, 0) is 114 Å². The van der Waals surface area contributed by atoms with Gasteiger partial charge in [-0.3, -0.25) is 0 Å². The Morgan fingerprint density at radius 1 is 0.182 bits per heavy atom. The van der Waals surface area contributed by atoms with Crippen LogP contribution in [0.4, 0.5) is 0 Å². The zero-order valence-electron chi connectivity index (χ0n) is 83.6. The van der Waals surface area contributed by atoms with E-state index in [0.717, 1.165) is 90.1 Å². The first-order chi connectivity index (χ1) is 67.2. The number of hydrogen-bond acceptors (Lipinski definition) is 8. The molecule has 20 rings (SSSR count). The molecule has 20 aromatic rings. The first kappa shape index (κ1) is 114. The second kappa shape index (κ2) is 57.0. The molecule has 8 nitrogen and oxygen atoms in total. The van der Waals surface area contributed by atoms with Crippen LogP contribution in [0, 0.1) is 69.3 Å². The Morgan fingerprint density at radius 2 is 0.476 bits per heavy atom. The maximum absolute atomic E-state index is 4.62. The van der Waals surface area contributed by atoms with Crippen molar-refractivity contribution in [3.05, 3.63) is 509 Å². The molecular weight excluding hydrogens is 2520 g/mol. The third-order valence-corrected chi connectivity index (χ3v) is 30.8. The van der Waals surface area contributed by atoms with Crippen molar-refractivity contribution in [2.45, 2.75) is 99.3 Å². The molecule has 0 saturated heterocycles. The Hall–Kier alpha value is -12.7. The quantitative estimate of drug-likeness (QED) is 0.0696. The molecule has 0 aliphatic rings. The second-order valence-electron chi connectivity index (χ2n) is 37.6. The van der Waals surface area contributed by atoms with Crippen molar-refractivity contribution >= 4 is 53.0 Å². The van der Waals surface area contributed by atoms with E-state index in [1.807, 2.05) is 225 Å². The van der Waals surface area contributed by atoms with Gasteiger partial charge in [0.25, 0.3) is 0 Å². The van der Waals surface area contributed by atoms with Gasteiger partial charge in [0.05, 0.1) is 32.3 Å². The van der Waals surface area contributed by atoms with E-state index in [2.05, 4.69) is 382 Å². The molecule has 0 aliphatic carbocycles. The normalized spacial score (nSPS) is 10.5. The SMILES string of the molecule is C[Si](C)(C)c1ccc(-c2[c-]cc(-c3ccccc3)cc2)nc1.Cc1ccnc(-c2[c-]cc(-c3ccc([Si](C)(C)C)cc3)cc2)c1.Cc1ccnc(-c2[c-]cc(-c3cccc([Si](C)(C)C)c3)cc2)c1.Cc1ccnc(-c2[c-]cc(-c3ccccc3[Si](C)(C)C)cc2)c1.[Ir].[Ir].[Ir].[Ir].[c-]1ccccc1-c1ccccn1.[c-]1ccccc1-c1ccccn1.[c-]1ccccc1-c1ccccn1.[c-]1ccccc1-c1ccccn1. The van der Waals surface area contributed by atoms with Gasteiger partial charge in [-0.15, -0.1) is 263 Å². The fraction of sp³-hybridized carbons (Fsp3) is 0.118. The van der Waals surface area contributed by atoms with Crippen molar-refractivity contribution in [2.24, 2.45) is 0 Å². The van der Waals surface area contributed by atoms with E-state index in [4.69, 9.17) is 0 Å². The average molecular weight is 2640 g/mol. The van der Waals surface area contributed by atoms with Gasteiger partial charge in [-0.1, -0.05) is 337 Å². The number of benzene rings is 12. The van der Waals surface area contributed by atoms with Crippen molar-refractivity contribution in [3.63, 3.8) is 0 Å². The molecule has 0 amide bonds. The minimum Gasteiger partial charge on any atom is -0.305 e. The molecule has 0 N–H and O–H groups in total. The largest absolute Gasteiger partial charge is 0.305 e. The molecule has 0 saturated carbocycles. The first-order valence-electron chi connectivity index (χ1n) is 46.9. The predicted octanol–water partition coefficient (Wildman–Crippen LogP) is 30.2. The van der Waals surface area contributed by atoms with Crippen molar-refractivity contribution in [3.8, 4) is 135 Å². The molecule has 143 heavy (non-hydrogen) atoms. The summed E-state index contributed by atoms with van der Waals surface area (Å²) in [7, 11) is -5.17. The molecule has 12 aromatic carbocycles. The van der Waals surface area contributed by atoms with Crippen LogP contribution < -0.4 is 20.7 Å². The van der Waals surface area contributed by atoms with E-state index in [0.29, 0.717) is 0 Å². The predicted molar refractivity (Wildman–Crippen MR) is 596 cm³/mol. The first-order valence-corrected chi connectivity index (χ1v) is 60.9. The average Bonchev–Trinajstić information content (AvgIpc) is 0.791. The Morgan fingerprint density at radius 3 is 0.790 bits per heavy atom. The zero-order chi connectivity index (χ0) is 97.8. The summed E-state index contributed by atoms with van der Waals surface area (Å²) in [6, 6.07) is 160. The van der Waals surface area contributed by atoms with Crippen LogP contribution >= 0.6 is 0 Å². The molecule has 0 fully saturated rings. The number of rotatable bonds is 16.